The first kappa shape index (κ1) is 28.4. The maximum atomic E-state index is 13.9. The minimum Gasteiger partial charge on any atom is -0.497 e. The molecule has 0 amide bonds. The van der Waals surface area contributed by atoms with Gasteiger partial charge >= 0.3 is 0 Å². The van der Waals surface area contributed by atoms with Gasteiger partial charge in [0, 0.05) is 19.6 Å². The molecule has 38 heavy (non-hydrogen) atoms. The lowest BCUT2D eigenvalue weighted by molar-refractivity contribution is 0.0925. The summed E-state index contributed by atoms with van der Waals surface area (Å²) in [5.41, 5.74) is 2.43. The highest BCUT2D eigenvalue weighted by Crippen LogP contribution is 2.26. The van der Waals surface area contributed by atoms with Gasteiger partial charge in [-0.2, -0.15) is 4.31 Å². The number of halogens is 1. The van der Waals surface area contributed by atoms with Crippen LogP contribution in [0.3, 0.4) is 0 Å². The maximum absolute atomic E-state index is 13.9. The van der Waals surface area contributed by atoms with Crippen LogP contribution in [0.1, 0.15) is 30.0 Å². The summed E-state index contributed by atoms with van der Waals surface area (Å²) in [5.74, 6) is 2.06. The van der Waals surface area contributed by atoms with Gasteiger partial charge in [0.2, 0.25) is 10.0 Å². The summed E-state index contributed by atoms with van der Waals surface area (Å²) < 4.78 is 46.1. The molecule has 8 nitrogen and oxygen atoms in total. The lowest BCUT2D eigenvalue weighted by Crippen LogP contribution is -2.45. The Morgan fingerprint density at radius 2 is 1.55 bits per heavy atom. The minimum atomic E-state index is -3.71. The quantitative estimate of drug-likeness (QED) is 0.285. The Hall–Kier alpha value is -2.66. The summed E-state index contributed by atoms with van der Waals surface area (Å²) >= 11 is 3.50. The second kappa shape index (κ2) is 12.9. The lowest BCUT2D eigenvalue weighted by Gasteiger charge is -2.36. The lowest BCUT2D eigenvalue weighted by atomic mass is 10.1. The number of hydrogen-bond acceptors (Lipinski definition) is 7. The van der Waals surface area contributed by atoms with E-state index in [0.29, 0.717) is 23.4 Å². The maximum Gasteiger partial charge on any atom is 0.218 e. The average molecular weight is 605 g/mol. The first-order valence-electron chi connectivity index (χ1n) is 12.6. The largest absolute Gasteiger partial charge is 0.497 e. The smallest absolute Gasteiger partial charge is 0.218 e. The molecule has 1 aliphatic rings. The Morgan fingerprint density at radius 3 is 2.08 bits per heavy atom. The fourth-order valence-corrected chi connectivity index (χ4v) is 6.42. The van der Waals surface area contributed by atoms with Crippen LogP contribution in [0.2, 0.25) is 0 Å². The molecule has 1 saturated heterocycles. The zero-order chi connectivity index (χ0) is 27.1. The summed E-state index contributed by atoms with van der Waals surface area (Å²) in [6, 6.07) is 18.8. The van der Waals surface area contributed by atoms with Crippen LogP contribution in [0.5, 0.6) is 11.5 Å². The van der Waals surface area contributed by atoms with Crippen molar-refractivity contribution in [1.29, 1.82) is 0 Å². The summed E-state index contributed by atoms with van der Waals surface area (Å²) in [5, 5.41) is 0. The fourth-order valence-electron chi connectivity index (χ4n) is 4.48. The molecule has 0 bridgehead atoms. The molecule has 1 aliphatic heterocycles. The third-order valence-corrected chi connectivity index (χ3v) is 8.76. The van der Waals surface area contributed by atoms with Crippen LogP contribution in [0.15, 0.2) is 65.3 Å². The van der Waals surface area contributed by atoms with E-state index in [9.17, 15) is 8.42 Å². The summed E-state index contributed by atoms with van der Waals surface area (Å²) in [7, 11) is -0.493. The fraction of sp³-hybridized carbons (Fsp3) is 0.393. The van der Waals surface area contributed by atoms with E-state index in [1.807, 2.05) is 54.6 Å². The van der Waals surface area contributed by atoms with Gasteiger partial charge in [0.05, 0.1) is 39.2 Å². The number of morpholine rings is 1. The Balaban J connectivity index is 1.62. The van der Waals surface area contributed by atoms with Crippen molar-refractivity contribution in [2.45, 2.75) is 38.2 Å². The van der Waals surface area contributed by atoms with Gasteiger partial charge in [-0.15, -0.1) is 0 Å². The number of sulfonamides is 1. The van der Waals surface area contributed by atoms with Gasteiger partial charge in [0.15, 0.2) is 0 Å². The van der Waals surface area contributed by atoms with E-state index < -0.39 is 10.0 Å². The van der Waals surface area contributed by atoms with Crippen molar-refractivity contribution >= 4 is 31.8 Å². The molecule has 4 rings (SSSR count). The normalized spacial score (nSPS) is 16.0. The van der Waals surface area contributed by atoms with Crippen molar-refractivity contribution in [3.63, 3.8) is 0 Å². The topological polar surface area (TPSA) is 81.2 Å². The summed E-state index contributed by atoms with van der Waals surface area (Å²) in [4.78, 5) is 6.86. The van der Waals surface area contributed by atoms with Crippen molar-refractivity contribution < 1.29 is 22.6 Å². The standard InChI is InChI=1S/C28H34BrN3O5S/c1-4-24-19-37-14-13-32(24)28-16-23(15-27(29)30-28)20-38(33,34)31(17-21-5-9-25(35-2)10-6-21)18-22-7-11-26(36-3)12-8-22/h5-12,15-16,24H,4,13-14,17-20H2,1-3H3. The van der Waals surface area contributed by atoms with Gasteiger partial charge in [-0.3, -0.25) is 0 Å². The molecular formula is C28H34BrN3O5S. The molecule has 0 N–H and O–H groups in total. The first-order valence-corrected chi connectivity index (χ1v) is 15.0. The van der Waals surface area contributed by atoms with Crippen molar-refractivity contribution in [2.75, 3.05) is 38.9 Å². The molecule has 1 unspecified atom stereocenters. The van der Waals surface area contributed by atoms with E-state index in [2.05, 4.69) is 32.7 Å². The number of nitrogens with zero attached hydrogens (tertiary/aromatic N) is 3. The van der Waals surface area contributed by atoms with E-state index in [0.717, 1.165) is 41.4 Å². The van der Waals surface area contributed by atoms with Gasteiger partial charge in [-0.05, 0) is 75.4 Å². The van der Waals surface area contributed by atoms with Crippen molar-refractivity contribution in [1.82, 2.24) is 9.29 Å². The number of benzene rings is 2. The molecule has 0 aliphatic carbocycles. The van der Waals surface area contributed by atoms with E-state index >= 15 is 0 Å². The van der Waals surface area contributed by atoms with E-state index in [4.69, 9.17) is 14.2 Å². The van der Waals surface area contributed by atoms with Crippen molar-refractivity contribution in [3.8, 4) is 11.5 Å². The number of aromatic nitrogens is 1. The second-order valence-electron chi connectivity index (χ2n) is 9.21. The first-order chi connectivity index (χ1) is 18.3. The van der Waals surface area contributed by atoms with Crippen molar-refractivity contribution in [3.05, 3.63) is 82.0 Å². The van der Waals surface area contributed by atoms with Crippen LogP contribution in [0.25, 0.3) is 0 Å². The van der Waals surface area contributed by atoms with Gasteiger partial charge in [-0.1, -0.05) is 31.2 Å². The number of pyridine rings is 1. The Bertz CT molecular complexity index is 1250. The van der Waals surface area contributed by atoms with Crippen LogP contribution >= 0.6 is 15.9 Å². The molecule has 0 saturated carbocycles. The molecule has 1 fully saturated rings. The Kier molecular flexibility index (Phi) is 9.64. The monoisotopic (exact) mass is 603 g/mol. The predicted molar refractivity (Wildman–Crippen MR) is 152 cm³/mol. The summed E-state index contributed by atoms with van der Waals surface area (Å²) in [6.45, 7) is 4.56. The van der Waals surface area contributed by atoms with E-state index in [1.165, 1.54) is 4.31 Å². The number of hydrogen-bond donors (Lipinski definition) is 0. The molecule has 10 heteroatoms. The Labute approximate surface area is 233 Å². The van der Waals surface area contributed by atoms with E-state index in [-0.39, 0.29) is 24.9 Å². The van der Waals surface area contributed by atoms with Crippen LogP contribution < -0.4 is 14.4 Å². The average Bonchev–Trinajstić information content (AvgIpc) is 2.93. The van der Waals surface area contributed by atoms with Crippen LogP contribution in [0, 0.1) is 0 Å². The highest BCUT2D eigenvalue weighted by atomic mass is 79.9. The number of ether oxygens (including phenoxy) is 3. The van der Waals surface area contributed by atoms with Gasteiger partial charge in [0.25, 0.3) is 0 Å². The molecule has 2 aromatic carbocycles. The number of rotatable bonds is 11. The molecule has 0 radical (unpaired) electrons. The van der Waals surface area contributed by atoms with Crippen molar-refractivity contribution in [2.24, 2.45) is 0 Å². The zero-order valence-electron chi connectivity index (χ0n) is 22.0. The number of anilines is 1. The van der Waals surface area contributed by atoms with Crippen LogP contribution in [-0.2, 0) is 33.6 Å². The molecular weight excluding hydrogens is 570 g/mol. The molecule has 2 heterocycles. The molecule has 1 aromatic heterocycles. The van der Waals surface area contributed by atoms with E-state index in [1.54, 1.807) is 20.3 Å². The Morgan fingerprint density at radius 1 is 0.974 bits per heavy atom. The van der Waals surface area contributed by atoms with Gasteiger partial charge in [0.1, 0.15) is 21.9 Å². The molecule has 3 aromatic rings. The SMILES string of the molecule is CCC1COCCN1c1cc(CS(=O)(=O)N(Cc2ccc(OC)cc2)Cc2ccc(OC)cc2)cc(Br)n1. The highest BCUT2D eigenvalue weighted by molar-refractivity contribution is 9.10. The van der Waals surface area contributed by atoms with Crippen LogP contribution in [-0.4, -0.2) is 57.7 Å². The third kappa shape index (κ3) is 7.25. The molecule has 1 atom stereocenters. The molecule has 0 spiro atoms. The minimum absolute atomic E-state index is 0.144. The zero-order valence-corrected chi connectivity index (χ0v) is 24.4. The number of methoxy groups -OCH3 is 2. The second-order valence-corrected chi connectivity index (χ2v) is 12.0. The van der Waals surface area contributed by atoms with Crippen LogP contribution in [0.4, 0.5) is 5.82 Å². The third-order valence-electron chi connectivity index (χ3n) is 6.61. The van der Waals surface area contributed by atoms with Gasteiger partial charge < -0.3 is 19.1 Å². The van der Waals surface area contributed by atoms with Gasteiger partial charge in [-0.25, -0.2) is 13.4 Å². The summed E-state index contributed by atoms with van der Waals surface area (Å²) in [6.07, 6.45) is 0.916. The highest BCUT2D eigenvalue weighted by Gasteiger charge is 2.26. The molecule has 204 valence electrons. The predicted octanol–water partition coefficient (Wildman–Crippen LogP) is 5.01.